The number of ether oxygens (including phenoxy) is 1. The van der Waals surface area contributed by atoms with E-state index in [2.05, 4.69) is 21.2 Å². The second-order valence-electron chi connectivity index (χ2n) is 4.17. The Hall–Kier alpha value is -2.01. The van der Waals surface area contributed by atoms with Crippen LogP contribution in [0, 0.1) is 0 Å². The van der Waals surface area contributed by atoms with E-state index in [1.165, 1.54) is 13.2 Å². The lowest BCUT2D eigenvalue weighted by atomic mass is 10.1. The van der Waals surface area contributed by atoms with Crippen molar-refractivity contribution in [3.8, 4) is 5.75 Å². The van der Waals surface area contributed by atoms with E-state index < -0.39 is 12.0 Å². The highest BCUT2D eigenvalue weighted by Gasteiger charge is 2.23. The van der Waals surface area contributed by atoms with Gasteiger partial charge in [-0.15, -0.1) is 0 Å². The first-order chi connectivity index (χ1) is 9.61. The van der Waals surface area contributed by atoms with Crippen molar-refractivity contribution in [1.29, 1.82) is 0 Å². The van der Waals surface area contributed by atoms with Gasteiger partial charge in [0.1, 0.15) is 5.75 Å². The molecule has 0 amide bonds. The number of hydrogen-bond donors (Lipinski definition) is 2. The summed E-state index contributed by atoms with van der Waals surface area (Å²) in [5.41, 5.74) is 1.22. The Morgan fingerprint density at radius 2 is 2.00 bits per heavy atom. The van der Waals surface area contributed by atoms with Crippen LogP contribution in [-0.4, -0.2) is 18.2 Å². The lowest BCUT2D eigenvalue weighted by molar-refractivity contribution is -0.141. The topological polar surface area (TPSA) is 58.6 Å². The number of anilines is 1. The zero-order chi connectivity index (χ0) is 14.5. The highest BCUT2D eigenvalue weighted by Crippen LogP contribution is 2.28. The second-order valence-corrected chi connectivity index (χ2v) is 5.09. The zero-order valence-corrected chi connectivity index (χ0v) is 12.4. The van der Waals surface area contributed by atoms with Crippen LogP contribution in [0.25, 0.3) is 0 Å². The fourth-order valence-electron chi connectivity index (χ4n) is 1.86. The van der Waals surface area contributed by atoms with Crippen LogP contribution in [0.3, 0.4) is 0 Å². The number of carbonyl (C=O) groups is 1. The van der Waals surface area contributed by atoms with Crippen molar-refractivity contribution < 1.29 is 14.6 Å². The molecule has 1 unspecified atom stereocenters. The van der Waals surface area contributed by atoms with Gasteiger partial charge in [-0.3, -0.25) is 0 Å². The van der Waals surface area contributed by atoms with E-state index in [1.54, 1.807) is 18.2 Å². The van der Waals surface area contributed by atoms with Crippen LogP contribution in [0.1, 0.15) is 11.6 Å². The minimum absolute atomic E-state index is 0.0467. The van der Waals surface area contributed by atoms with Crippen molar-refractivity contribution >= 4 is 27.6 Å². The first-order valence-electron chi connectivity index (χ1n) is 5.99. The molecule has 2 rings (SSSR count). The maximum atomic E-state index is 11.9. The summed E-state index contributed by atoms with van der Waals surface area (Å²) in [6.45, 7) is 0. The highest BCUT2D eigenvalue weighted by atomic mass is 79.9. The number of methoxy groups -OCH3 is 1. The normalized spacial score (nSPS) is 11.7. The Balaban J connectivity index is 2.34. The summed E-state index contributed by atoms with van der Waals surface area (Å²) in [5, 5.41) is 13.0. The molecule has 0 fully saturated rings. The standard InChI is InChI=1S/C15H14BrNO3/c1-20-15(19)14(12-7-2-3-8-13(12)18)17-11-6-4-5-10(16)9-11/h2-9,14,17-18H,1H3. The van der Waals surface area contributed by atoms with Crippen molar-refractivity contribution in [1.82, 2.24) is 0 Å². The monoisotopic (exact) mass is 335 g/mol. The van der Waals surface area contributed by atoms with Crippen LogP contribution in [0.15, 0.2) is 53.0 Å². The molecule has 0 saturated heterocycles. The average Bonchev–Trinajstić information content (AvgIpc) is 2.45. The summed E-state index contributed by atoms with van der Waals surface area (Å²) in [7, 11) is 1.32. The van der Waals surface area contributed by atoms with Gasteiger partial charge in [0, 0.05) is 15.7 Å². The van der Waals surface area contributed by atoms with Gasteiger partial charge in [-0.1, -0.05) is 40.2 Å². The van der Waals surface area contributed by atoms with E-state index in [9.17, 15) is 9.90 Å². The minimum Gasteiger partial charge on any atom is -0.508 e. The number of hydrogen-bond acceptors (Lipinski definition) is 4. The van der Waals surface area contributed by atoms with Crippen molar-refractivity contribution in [2.75, 3.05) is 12.4 Å². The number of phenolic OH excluding ortho intramolecular Hbond substituents is 1. The predicted molar refractivity (Wildman–Crippen MR) is 80.6 cm³/mol. The zero-order valence-electron chi connectivity index (χ0n) is 10.8. The van der Waals surface area contributed by atoms with E-state index in [4.69, 9.17) is 4.74 Å². The number of esters is 1. The Bertz CT molecular complexity index is 616. The van der Waals surface area contributed by atoms with Crippen LogP contribution in [0.2, 0.25) is 0 Å². The largest absolute Gasteiger partial charge is 0.508 e. The van der Waals surface area contributed by atoms with Gasteiger partial charge >= 0.3 is 5.97 Å². The molecule has 2 N–H and O–H groups in total. The molecule has 0 radical (unpaired) electrons. The number of halogens is 1. The number of carbonyl (C=O) groups excluding carboxylic acids is 1. The molecule has 0 aliphatic carbocycles. The van der Waals surface area contributed by atoms with Crippen LogP contribution in [0.5, 0.6) is 5.75 Å². The molecule has 0 aliphatic rings. The van der Waals surface area contributed by atoms with Crippen molar-refractivity contribution in [3.63, 3.8) is 0 Å². The van der Waals surface area contributed by atoms with E-state index in [0.717, 1.165) is 10.2 Å². The van der Waals surface area contributed by atoms with Crippen molar-refractivity contribution in [2.45, 2.75) is 6.04 Å². The fraction of sp³-hybridized carbons (Fsp3) is 0.133. The maximum absolute atomic E-state index is 11.9. The number of para-hydroxylation sites is 1. The molecule has 0 saturated carbocycles. The van der Waals surface area contributed by atoms with Gasteiger partial charge in [0.05, 0.1) is 7.11 Å². The maximum Gasteiger partial charge on any atom is 0.333 e. The molecule has 2 aromatic rings. The molecular weight excluding hydrogens is 322 g/mol. The van der Waals surface area contributed by atoms with Crippen LogP contribution in [-0.2, 0) is 9.53 Å². The molecule has 4 nitrogen and oxygen atoms in total. The highest BCUT2D eigenvalue weighted by molar-refractivity contribution is 9.10. The van der Waals surface area contributed by atoms with Gasteiger partial charge in [0.2, 0.25) is 0 Å². The summed E-state index contributed by atoms with van der Waals surface area (Å²) in [6, 6.07) is 13.3. The lowest BCUT2D eigenvalue weighted by Gasteiger charge is -2.19. The number of phenols is 1. The van der Waals surface area contributed by atoms with Gasteiger partial charge in [-0.05, 0) is 24.3 Å². The first-order valence-corrected chi connectivity index (χ1v) is 6.79. The van der Waals surface area contributed by atoms with Gasteiger partial charge in [0.25, 0.3) is 0 Å². The van der Waals surface area contributed by atoms with E-state index in [1.807, 2.05) is 24.3 Å². The Kier molecular flexibility index (Phi) is 4.63. The summed E-state index contributed by atoms with van der Waals surface area (Å²) in [6.07, 6.45) is 0. The summed E-state index contributed by atoms with van der Waals surface area (Å²) < 4.78 is 5.69. The third-order valence-electron chi connectivity index (χ3n) is 2.82. The number of nitrogens with one attached hydrogen (secondary N) is 1. The van der Waals surface area contributed by atoms with Gasteiger partial charge in [0.15, 0.2) is 6.04 Å². The molecule has 2 aromatic carbocycles. The number of aromatic hydroxyl groups is 1. The third kappa shape index (κ3) is 3.30. The van der Waals surface area contributed by atoms with E-state index in [-0.39, 0.29) is 5.75 Å². The smallest absolute Gasteiger partial charge is 0.333 e. The molecule has 20 heavy (non-hydrogen) atoms. The summed E-state index contributed by atoms with van der Waals surface area (Å²) in [5.74, 6) is -0.420. The molecule has 0 bridgehead atoms. The molecule has 0 aliphatic heterocycles. The fourth-order valence-corrected chi connectivity index (χ4v) is 2.26. The molecular formula is C15H14BrNO3. The van der Waals surface area contributed by atoms with Gasteiger partial charge < -0.3 is 15.2 Å². The van der Waals surface area contributed by atoms with Gasteiger partial charge in [-0.25, -0.2) is 4.79 Å². The SMILES string of the molecule is COC(=O)C(Nc1cccc(Br)c1)c1ccccc1O. The van der Waals surface area contributed by atoms with E-state index in [0.29, 0.717) is 5.56 Å². The number of rotatable bonds is 4. The lowest BCUT2D eigenvalue weighted by Crippen LogP contribution is -2.22. The second kappa shape index (κ2) is 6.43. The van der Waals surface area contributed by atoms with Crippen LogP contribution in [0.4, 0.5) is 5.69 Å². The minimum atomic E-state index is -0.768. The third-order valence-corrected chi connectivity index (χ3v) is 3.31. The molecule has 0 spiro atoms. The predicted octanol–water partition coefficient (Wildman–Crippen LogP) is 3.48. The molecule has 1 atom stereocenters. The Morgan fingerprint density at radius 3 is 2.65 bits per heavy atom. The molecule has 0 aromatic heterocycles. The first kappa shape index (κ1) is 14.4. The molecule has 0 heterocycles. The van der Waals surface area contributed by atoms with E-state index >= 15 is 0 Å². The van der Waals surface area contributed by atoms with Gasteiger partial charge in [-0.2, -0.15) is 0 Å². The Morgan fingerprint density at radius 1 is 1.25 bits per heavy atom. The number of benzene rings is 2. The summed E-state index contributed by atoms with van der Waals surface area (Å²) in [4.78, 5) is 11.9. The quantitative estimate of drug-likeness (QED) is 0.840. The molecule has 104 valence electrons. The van der Waals surface area contributed by atoms with Crippen LogP contribution >= 0.6 is 15.9 Å². The van der Waals surface area contributed by atoms with Crippen LogP contribution < -0.4 is 5.32 Å². The van der Waals surface area contributed by atoms with Crippen molar-refractivity contribution in [2.24, 2.45) is 0 Å². The Labute approximate surface area is 125 Å². The molecule has 5 heteroatoms. The summed E-state index contributed by atoms with van der Waals surface area (Å²) >= 11 is 3.37. The average molecular weight is 336 g/mol. The van der Waals surface area contributed by atoms with Crippen molar-refractivity contribution in [3.05, 3.63) is 58.6 Å².